The summed E-state index contributed by atoms with van der Waals surface area (Å²) < 4.78 is 21.9. The number of morpholine rings is 1. The molecule has 2 aromatic carbocycles. The van der Waals surface area contributed by atoms with Crippen LogP contribution in [0.2, 0.25) is 5.02 Å². The number of carbonyl (C=O) groups is 3. The molecule has 2 saturated heterocycles. The van der Waals surface area contributed by atoms with Gasteiger partial charge >= 0.3 is 11.9 Å². The molecule has 38 heavy (non-hydrogen) atoms. The Morgan fingerprint density at radius 3 is 2.39 bits per heavy atom. The second-order valence-corrected chi connectivity index (χ2v) is 9.33. The maximum absolute atomic E-state index is 13.5. The van der Waals surface area contributed by atoms with Gasteiger partial charge in [-0.25, -0.2) is 14.5 Å². The van der Waals surface area contributed by atoms with Crippen molar-refractivity contribution in [2.75, 3.05) is 53.1 Å². The van der Waals surface area contributed by atoms with Gasteiger partial charge in [-0.2, -0.15) is 0 Å². The first kappa shape index (κ1) is 27.9. The molecule has 9 nitrogen and oxygen atoms in total. The minimum atomic E-state index is -1.01. The monoisotopic (exact) mass is 542 g/mol. The van der Waals surface area contributed by atoms with Crippen molar-refractivity contribution in [3.8, 4) is 0 Å². The maximum Gasteiger partial charge on any atom is 0.343 e. The average molecular weight is 543 g/mol. The Balaban J connectivity index is 1.59. The van der Waals surface area contributed by atoms with Crippen molar-refractivity contribution in [3.63, 3.8) is 0 Å². The fraction of sp³-hybridized carbons (Fsp3) is 0.393. The second kappa shape index (κ2) is 13.6. The van der Waals surface area contributed by atoms with Gasteiger partial charge in [-0.15, -0.1) is 0 Å². The minimum absolute atomic E-state index is 0.0894. The number of hydrogen-bond donors (Lipinski definition) is 0. The Labute approximate surface area is 226 Å². The van der Waals surface area contributed by atoms with Gasteiger partial charge in [0.25, 0.3) is 6.41 Å². The highest BCUT2D eigenvalue weighted by Crippen LogP contribution is 2.32. The summed E-state index contributed by atoms with van der Waals surface area (Å²) in [6.07, 6.45) is 0.0629. The Bertz CT molecular complexity index is 1130. The molecule has 2 aromatic rings. The number of benzene rings is 2. The smallest absolute Gasteiger partial charge is 0.343 e. The topological polar surface area (TPSA) is 94.6 Å². The van der Waals surface area contributed by atoms with Crippen molar-refractivity contribution in [2.45, 2.75) is 18.9 Å². The summed E-state index contributed by atoms with van der Waals surface area (Å²) in [5, 5.41) is 0.434. The number of methoxy groups -OCH3 is 1. The van der Waals surface area contributed by atoms with Gasteiger partial charge in [0, 0.05) is 37.2 Å². The van der Waals surface area contributed by atoms with Crippen LogP contribution >= 0.6 is 11.6 Å². The molecule has 2 atom stereocenters. The molecule has 0 saturated carbocycles. The molecule has 0 radical (unpaired) electrons. The van der Waals surface area contributed by atoms with Crippen LogP contribution in [0.1, 0.15) is 23.6 Å². The van der Waals surface area contributed by atoms with Gasteiger partial charge in [0.1, 0.15) is 5.57 Å². The van der Waals surface area contributed by atoms with Crippen LogP contribution in [0.4, 0.5) is 0 Å². The molecule has 4 rings (SSSR count). The largest absolute Gasteiger partial charge is 0.465 e. The lowest BCUT2D eigenvalue weighted by Gasteiger charge is -2.34. The first-order valence-corrected chi connectivity index (χ1v) is 12.9. The number of rotatable bonds is 10. The normalized spacial score (nSPS) is 19.9. The van der Waals surface area contributed by atoms with Crippen LogP contribution in [-0.2, 0) is 33.3 Å². The van der Waals surface area contributed by atoms with Gasteiger partial charge in [0.15, 0.2) is 6.29 Å². The van der Waals surface area contributed by atoms with E-state index in [-0.39, 0.29) is 11.6 Å². The number of nitrogens with zero attached hydrogens (tertiary/aromatic N) is 2. The highest BCUT2D eigenvalue weighted by Gasteiger charge is 2.37. The minimum Gasteiger partial charge on any atom is -0.465 e. The van der Waals surface area contributed by atoms with E-state index in [4.69, 9.17) is 30.5 Å². The van der Waals surface area contributed by atoms with E-state index in [1.54, 1.807) is 12.1 Å². The van der Waals surface area contributed by atoms with E-state index in [2.05, 4.69) is 4.90 Å². The van der Waals surface area contributed by atoms with Crippen LogP contribution in [0, 0.1) is 0 Å². The molecule has 0 aliphatic carbocycles. The molecule has 0 aromatic heterocycles. The second-order valence-electron chi connectivity index (χ2n) is 8.90. The lowest BCUT2D eigenvalue weighted by atomic mass is 10.0. The molecule has 202 valence electrons. The zero-order valence-corrected chi connectivity index (χ0v) is 22.0. The predicted molar refractivity (Wildman–Crippen MR) is 140 cm³/mol. The molecule has 2 aliphatic heterocycles. The van der Waals surface area contributed by atoms with Crippen LogP contribution in [0.3, 0.4) is 0 Å². The molecule has 0 bridgehead atoms. The quantitative estimate of drug-likeness (QED) is 0.147. The van der Waals surface area contributed by atoms with E-state index in [0.29, 0.717) is 43.2 Å². The van der Waals surface area contributed by atoms with Crippen molar-refractivity contribution in [2.24, 2.45) is 0 Å². The SMILES string of the molecule is COC(=O)/C(C=O)=C(/C(=O)OC1OCCN1C(CCN1CCOCC1)c1ccccc1)c1ccc(Cl)cc1. The number of halogens is 1. The first-order chi connectivity index (χ1) is 18.5. The van der Waals surface area contributed by atoms with Gasteiger partial charge in [-0.1, -0.05) is 54.1 Å². The summed E-state index contributed by atoms with van der Waals surface area (Å²) in [6.45, 7) is 4.90. The third kappa shape index (κ3) is 6.86. The van der Waals surface area contributed by atoms with Crippen molar-refractivity contribution in [1.29, 1.82) is 0 Å². The molecule has 0 N–H and O–H groups in total. The van der Waals surface area contributed by atoms with Crippen LogP contribution in [0.5, 0.6) is 0 Å². The molecule has 2 unspecified atom stereocenters. The van der Waals surface area contributed by atoms with Crippen LogP contribution in [0.25, 0.3) is 5.57 Å². The summed E-state index contributed by atoms with van der Waals surface area (Å²) in [4.78, 5) is 42.1. The lowest BCUT2D eigenvalue weighted by molar-refractivity contribution is -0.193. The van der Waals surface area contributed by atoms with Crippen molar-refractivity contribution < 1.29 is 33.3 Å². The third-order valence-electron chi connectivity index (χ3n) is 6.63. The molecule has 0 amide bonds. The molecular weight excluding hydrogens is 512 g/mol. The Kier molecular flexibility index (Phi) is 10.0. The Hall–Kier alpha value is -3.08. The maximum atomic E-state index is 13.5. The standard InChI is InChI=1S/C28H31ClN2O7/c1-35-26(33)23(19-32)25(21-7-9-22(29)10-8-21)27(34)38-28-31(15-18-37-28)24(20-5-3-2-4-6-20)11-12-30-13-16-36-17-14-30/h2-10,19,24,28H,11-18H2,1H3/b25-23+. The lowest BCUT2D eigenvalue weighted by Crippen LogP contribution is -2.41. The number of carbonyl (C=O) groups excluding carboxylic acids is 3. The van der Waals surface area contributed by atoms with Gasteiger partial charge in [-0.3, -0.25) is 9.69 Å². The average Bonchev–Trinajstić information content (AvgIpc) is 3.40. The van der Waals surface area contributed by atoms with E-state index in [1.807, 2.05) is 35.2 Å². The molecule has 2 heterocycles. The van der Waals surface area contributed by atoms with Gasteiger partial charge in [0.2, 0.25) is 0 Å². The summed E-state index contributed by atoms with van der Waals surface area (Å²) in [6, 6.07) is 16.1. The first-order valence-electron chi connectivity index (χ1n) is 12.5. The van der Waals surface area contributed by atoms with E-state index in [1.165, 1.54) is 12.1 Å². The Morgan fingerprint density at radius 1 is 1.03 bits per heavy atom. The van der Waals surface area contributed by atoms with Crippen LogP contribution in [0.15, 0.2) is 60.2 Å². The molecule has 0 spiro atoms. The van der Waals surface area contributed by atoms with Crippen molar-refractivity contribution in [3.05, 3.63) is 76.3 Å². The van der Waals surface area contributed by atoms with E-state index in [0.717, 1.165) is 38.7 Å². The number of hydrogen-bond acceptors (Lipinski definition) is 9. The highest BCUT2D eigenvalue weighted by molar-refractivity contribution is 6.31. The zero-order chi connectivity index (χ0) is 26.9. The van der Waals surface area contributed by atoms with Gasteiger partial charge < -0.3 is 18.9 Å². The predicted octanol–water partition coefficient (Wildman–Crippen LogP) is 3.09. The Morgan fingerprint density at radius 2 is 1.74 bits per heavy atom. The summed E-state index contributed by atoms with van der Waals surface area (Å²) >= 11 is 6.00. The fourth-order valence-corrected chi connectivity index (χ4v) is 4.79. The van der Waals surface area contributed by atoms with Gasteiger partial charge in [-0.05, 0) is 29.7 Å². The number of esters is 2. The van der Waals surface area contributed by atoms with Crippen LogP contribution < -0.4 is 0 Å². The van der Waals surface area contributed by atoms with Crippen molar-refractivity contribution in [1.82, 2.24) is 9.80 Å². The fourth-order valence-electron chi connectivity index (χ4n) is 4.66. The third-order valence-corrected chi connectivity index (χ3v) is 6.88. The number of ether oxygens (including phenoxy) is 4. The van der Waals surface area contributed by atoms with Gasteiger partial charge in [0.05, 0.1) is 32.5 Å². The van der Waals surface area contributed by atoms with E-state index in [9.17, 15) is 14.4 Å². The summed E-state index contributed by atoms with van der Waals surface area (Å²) in [5.41, 5.74) is 0.701. The molecular formula is C28H31ClN2O7. The van der Waals surface area contributed by atoms with Crippen LogP contribution in [-0.4, -0.2) is 87.5 Å². The summed E-state index contributed by atoms with van der Waals surface area (Å²) in [7, 11) is 1.14. The number of aldehydes is 1. The van der Waals surface area contributed by atoms with Crippen molar-refractivity contribution >= 4 is 35.4 Å². The molecule has 2 aliphatic rings. The van der Waals surface area contributed by atoms with E-state index < -0.39 is 23.9 Å². The molecule has 2 fully saturated rings. The van der Waals surface area contributed by atoms with E-state index >= 15 is 0 Å². The zero-order valence-electron chi connectivity index (χ0n) is 21.2. The molecule has 10 heteroatoms. The summed E-state index contributed by atoms with van der Waals surface area (Å²) in [5.74, 6) is -1.82. The highest BCUT2D eigenvalue weighted by atomic mass is 35.5.